The van der Waals surface area contributed by atoms with Crippen molar-refractivity contribution < 1.29 is 18.7 Å². The SMILES string of the molecule is Cc1c(Br)c(F)cc(OCc2ccccc2)c1C(=O)Oc1ccccc1. The van der Waals surface area contributed by atoms with Crippen LogP contribution in [-0.2, 0) is 6.61 Å². The molecule has 26 heavy (non-hydrogen) atoms. The number of para-hydroxylation sites is 1. The fraction of sp³-hybridized carbons (Fsp3) is 0.0952. The Hall–Kier alpha value is -2.66. The van der Waals surface area contributed by atoms with Crippen molar-refractivity contribution in [2.75, 3.05) is 0 Å². The van der Waals surface area contributed by atoms with E-state index in [4.69, 9.17) is 9.47 Å². The summed E-state index contributed by atoms with van der Waals surface area (Å²) in [6.07, 6.45) is 0. The molecule has 0 atom stereocenters. The highest BCUT2D eigenvalue weighted by molar-refractivity contribution is 9.10. The van der Waals surface area contributed by atoms with Crippen LogP contribution in [0.2, 0.25) is 0 Å². The van der Waals surface area contributed by atoms with Crippen molar-refractivity contribution in [3.05, 3.63) is 93.7 Å². The smallest absolute Gasteiger partial charge is 0.347 e. The van der Waals surface area contributed by atoms with Gasteiger partial charge in [0.1, 0.15) is 29.5 Å². The van der Waals surface area contributed by atoms with Crippen LogP contribution in [0.15, 0.2) is 71.2 Å². The minimum Gasteiger partial charge on any atom is -0.488 e. The number of halogens is 2. The van der Waals surface area contributed by atoms with Gasteiger partial charge in [-0.25, -0.2) is 9.18 Å². The van der Waals surface area contributed by atoms with Gasteiger partial charge in [0.05, 0.1) is 4.47 Å². The molecule has 0 heterocycles. The van der Waals surface area contributed by atoms with Gasteiger partial charge in [-0.05, 0) is 46.1 Å². The van der Waals surface area contributed by atoms with Crippen LogP contribution in [0.25, 0.3) is 0 Å². The molecule has 0 aliphatic rings. The first-order valence-corrected chi connectivity index (χ1v) is 8.78. The number of ether oxygens (including phenoxy) is 2. The quantitative estimate of drug-likeness (QED) is 0.397. The van der Waals surface area contributed by atoms with Gasteiger partial charge in [0, 0.05) is 6.07 Å². The summed E-state index contributed by atoms with van der Waals surface area (Å²) < 4.78 is 25.5. The molecule has 0 amide bonds. The van der Waals surface area contributed by atoms with E-state index in [0.717, 1.165) is 5.56 Å². The summed E-state index contributed by atoms with van der Waals surface area (Å²) in [7, 11) is 0. The summed E-state index contributed by atoms with van der Waals surface area (Å²) >= 11 is 3.18. The highest BCUT2D eigenvalue weighted by atomic mass is 79.9. The number of benzene rings is 3. The van der Waals surface area contributed by atoms with E-state index in [1.54, 1.807) is 31.2 Å². The molecule has 3 rings (SSSR count). The average molecular weight is 415 g/mol. The molecular formula is C21H16BrFO3. The Bertz CT molecular complexity index is 912. The molecular weight excluding hydrogens is 399 g/mol. The maximum Gasteiger partial charge on any atom is 0.347 e. The van der Waals surface area contributed by atoms with Crippen molar-refractivity contribution in [1.82, 2.24) is 0 Å². The van der Waals surface area contributed by atoms with E-state index in [-0.39, 0.29) is 22.4 Å². The fourth-order valence-electron chi connectivity index (χ4n) is 2.47. The fourth-order valence-corrected chi connectivity index (χ4v) is 2.79. The van der Waals surface area contributed by atoms with Crippen LogP contribution in [0.4, 0.5) is 4.39 Å². The normalized spacial score (nSPS) is 10.4. The van der Waals surface area contributed by atoms with Crippen molar-refractivity contribution in [1.29, 1.82) is 0 Å². The Morgan fingerprint density at radius 1 is 1.04 bits per heavy atom. The Balaban J connectivity index is 1.91. The van der Waals surface area contributed by atoms with Crippen molar-refractivity contribution in [2.45, 2.75) is 13.5 Å². The monoisotopic (exact) mass is 414 g/mol. The third-order valence-electron chi connectivity index (χ3n) is 3.81. The zero-order valence-corrected chi connectivity index (χ0v) is 15.6. The highest BCUT2D eigenvalue weighted by Gasteiger charge is 2.23. The molecule has 0 aliphatic heterocycles. The first-order chi connectivity index (χ1) is 12.6. The van der Waals surface area contributed by atoms with Crippen LogP contribution in [-0.4, -0.2) is 5.97 Å². The molecule has 132 valence electrons. The first kappa shape index (κ1) is 18.1. The lowest BCUT2D eigenvalue weighted by Gasteiger charge is -2.15. The van der Waals surface area contributed by atoms with Crippen LogP contribution in [0, 0.1) is 12.7 Å². The van der Waals surface area contributed by atoms with Gasteiger partial charge >= 0.3 is 5.97 Å². The predicted octanol–water partition coefficient (Wildman–Crippen LogP) is 5.69. The third-order valence-corrected chi connectivity index (χ3v) is 4.79. The van der Waals surface area contributed by atoms with Gasteiger partial charge in [0.15, 0.2) is 0 Å². The van der Waals surface area contributed by atoms with E-state index in [0.29, 0.717) is 11.3 Å². The molecule has 0 unspecified atom stereocenters. The Morgan fingerprint density at radius 2 is 1.65 bits per heavy atom. The second-order valence-corrected chi connectivity index (χ2v) is 6.44. The van der Waals surface area contributed by atoms with E-state index in [9.17, 15) is 9.18 Å². The zero-order chi connectivity index (χ0) is 18.5. The molecule has 0 radical (unpaired) electrons. The molecule has 3 aromatic rings. The summed E-state index contributed by atoms with van der Waals surface area (Å²) in [4.78, 5) is 12.7. The summed E-state index contributed by atoms with van der Waals surface area (Å²) in [5.41, 5.74) is 1.53. The third kappa shape index (κ3) is 4.11. The van der Waals surface area contributed by atoms with Crippen LogP contribution < -0.4 is 9.47 Å². The number of esters is 1. The Morgan fingerprint density at radius 3 is 2.31 bits per heavy atom. The molecule has 0 spiro atoms. The topological polar surface area (TPSA) is 35.5 Å². The van der Waals surface area contributed by atoms with Gasteiger partial charge in [-0.3, -0.25) is 0 Å². The van der Waals surface area contributed by atoms with Crippen LogP contribution in [0.5, 0.6) is 11.5 Å². The first-order valence-electron chi connectivity index (χ1n) is 7.99. The molecule has 5 heteroatoms. The largest absolute Gasteiger partial charge is 0.488 e. The maximum absolute atomic E-state index is 14.2. The standard InChI is InChI=1S/C21H16BrFO3/c1-14-19(21(24)26-16-10-6-3-7-11-16)18(12-17(23)20(14)22)25-13-15-8-4-2-5-9-15/h2-12H,13H2,1H3. The molecule has 0 saturated heterocycles. The lowest BCUT2D eigenvalue weighted by atomic mass is 10.1. The number of hydrogen-bond acceptors (Lipinski definition) is 3. The molecule has 0 N–H and O–H groups in total. The molecule has 3 aromatic carbocycles. The lowest BCUT2D eigenvalue weighted by Crippen LogP contribution is -2.14. The molecule has 0 fully saturated rings. The van der Waals surface area contributed by atoms with Gasteiger partial charge in [0.25, 0.3) is 0 Å². The second-order valence-electron chi connectivity index (χ2n) is 5.65. The summed E-state index contributed by atoms with van der Waals surface area (Å²) in [6.45, 7) is 1.86. The Labute approximate surface area is 159 Å². The number of carbonyl (C=O) groups is 1. The minimum absolute atomic E-state index is 0.146. The molecule has 3 nitrogen and oxygen atoms in total. The van der Waals surface area contributed by atoms with Crippen LogP contribution in [0.3, 0.4) is 0 Å². The number of hydrogen-bond donors (Lipinski definition) is 0. The average Bonchev–Trinajstić information content (AvgIpc) is 2.66. The van der Waals surface area contributed by atoms with Gasteiger partial charge < -0.3 is 9.47 Å². The molecule has 0 saturated carbocycles. The minimum atomic E-state index is -0.600. The molecule has 0 bridgehead atoms. The van der Waals surface area contributed by atoms with Gasteiger partial charge in [-0.15, -0.1) is 0 Å². The second kappa shape index (κ2) is 8.15. The van der Waals surface area contributed by atoms with E-state index in [1.807, 2.05) is 36.4 Å². The van der Waals surface area contributed by atoms with E-state index in [2.05, 4.69) is 15.9 Å². The van der Waals surface area contributed by atoms with Crippen LogP contribution >= 0.6 is 15.9 Å². The van der Waals surface area contributed by atoms with Gasteiger partial charge in [-0.2, -0.15) is 0 Å². The summed E-state index contributed by atoms with van der Waals surface area (Å²) in [5, 5.41) is 0. The number of rotatable bonds is 5. The molecule has 0 aromatic heterocycles. The van der Waals surface area contributed by atoms with Gasteiger partial charge in [-0.1, -0.05) is 48.5 Å². The zero-order valence-electron chi connectivity index (χ0n) is 14.0. The van der Waals surface area contributed by atoms with Crippen molar-refractivity contribution in [2.24, 2.45) is 0 Å². The Kier molecular flexibility index (Phi) is 5.68. The summed E-state index contributed by atoms with van der Waals surface area (Å²) in [6, 6.07) is 19.4. The summed E-state index contributed by atoms with van der Waals surface area (Å²) in [5.74, 6) is -0.543. The van der Waals surface area contributed by atoms with E-state index < -0.39 is 11.8 Å². The predicted molar refractivity (Wildman–Crippen MR) is 101 cm³/mol. The van der Waals surface area contributed by atoms with E-state index >= 15 is 0 Å². The van der Waals surface area contributed by atoms with Crippen molar-refractivity contribution >= 4 is 21.9 Å². The molecule has 0 aliphatic carbocycles. The van der Waals surface area contributed by atoms with Gasteiger partial charge in [0.2, 0.25) is 0 Å². The lowest BCUT2D eigenvalue weighted by molar-refractivity contribution is 0.0728. The highest BCUT2D eigenvalue weighted by Crippen LogP contribution is 2.33. The van der Waals surface area contributed by atoms with E-state index in [1.165, 1.54) is 6.07 Å². The van der Waals surface area contributed by atoms with Crippen LogP contribution in [0.1, 0.15) is 21.5 Å². The van der Waals surface area contributed by atoms with Crippen molar-refractivity contribution in [3.8, 4) is 11.5 Å². The number of carbonyl (C=O) groups excluding carboxylic acids is 1. The van der Waals surface area contributed by atoms with Crippen molar-refractivity contribution in [3.63, 3.8) is 0 Å². The maximum atomic E-state index is 14.2.